The van der Waals surface area contributed by atoms with Crippen LogP contribution in [0.25, 0.3) is 0 Å². The zero-order valence-corrected chi connectivity index (χ0v) is 18.8. The lowest BCUT2D eigenvalue weighted by Gasteiger charge is -2.31. The molecule has 0 saturated heterocycles. The highest BCUT2D eigenvalue weighted by molar-refractivity contribution is 7.93. The van der Waals surface area contributed by atoms with E-state index in [2.05, 4.69) is 4.72 Å². The van der Waals surface area contributed by atoms with Crippen molar-refractivity contribution in [2.24, 2.45) is 0 Å². The Morgan fingerprint density at radius 1 is 0.906 bits per heavy atom. The molecule has 6 nitrogen and oxygen atoms in total. The summed E-state index contributed by atoms with van der Waals surface area (Å²) < 4.78 is 82.5. The predicted molar refractivity (Wildman–Crippen MR) is 118 cm³/mol. The molecule has 0 radical (unpaired) electrons. The van der Waals surface area contributed by atoms with Crippen LogP contribution in [-0.4, -0.2) is 23.4 Å². The number of fused-ring (bicyclic) bond motifs is 1. The third kappa shape index (κ3) is 4.30. The summed E-state index contributed by atoms with van der Waals surface area (Å²) in [7, 11) is -8.29. The molecule has 0 amide bonds. The summed E-state index contributed by atoms with van der Waals surface area (Å²) in [5.41, 5.74) is 1.08. The molecule has 0 atom stereocenters. The lowest BCUT2D eigenvalue weighted by Crippen LogP contribution is -2.35. The van der Waals surface area contributed by atoms with E-state index in [0.29, 0.717) is 24.1 Å². The molecule has 1 aliphatic heterocycles. The average molecular weight is 499 g/mol. The minimum atomic E-state index is -4.29. The first-order valence-electron chi connectivity index (χ1n) is 9.47. The van der Waals surface area contributed by atoms with E-state index in [0.717, 1.165) is 24.3 Å². The van der Waals surface area contributed by atoms with E-state index in [-0.39, 0.29) is 22.2 Å². The zero-order valence-electron chi connectivity index (χ0n) is 16.4. The molecule has 0 spiro atoms. The largest absolute Gasteiger partial charge is 0.279 e. The van der Waals surface area contributed by atoms with Crippen molar-refractivity contribution in [1.29, 1.82) is 0 Å². The molecule has 0 unspecified atom stereocenters. The lowest BCUT2D eigenvalue weighted by atomic mass is 10.0. The SMILES string of the molecule is O=S(=O)(Nc1ccc2c(c1)N(S(=O)(=O)c1ccc(F)cc1)CCC2)c1ccc(Cl)cc1F. The standard InChI is InChI=1S/C21H17ClF2N2O4S2/c22-15-4-10-21(19(24)12-15)31(27,28)25-17-7-3-14-2-1-11-26(20(14)13-17)32(29,30)18-8-5-16(23)6-9-18/h3-10,12-13,25H,1-2,11H2. The van der Waals surface area contributed by atoms with Crippen LogP contribution in [0.1, 0.15) is 12.0 Å². The molecule has 168 valence electrons. The van der Waals surface area contributed by atoms with Gasteiger partial charge < -0.3 is 0 Å². The Morgan fingerprint density at radius 3 is 2.31 bits per heavy atom. The van der Waals surface area contributed by atoms with E-state index < -0.39 is 36.6 Å². The molecule has 0 aromatic heterocycles. The van der Waals surface area contributed by atoms with Crippen molar-refractivity contribution < 1.29 is 25.6 Å². The monoisotopic (exact) mass is 498 g/mol. The van der Waals surface area contributed by atoms with Crippen molar-refractivity contribution in [1.82, 2.24) is 0 Å². The van der Waals surface area contributed by atoms with Crippen LogP contribution in [0.4, 0.5) is 20.2 Å². The first kappa shape index (κ1) is 22.5. The molecule has 32 heavy (non-hydrogen) atoms. The van der Waals surface area contributed by atoms with Crippen molar-refractivity contribution in [3.8, 4) is 0 Å². The minimum Gasteiger partial charge on any atom is -0.279 e. The molecule has 1 heterocycles. The maximum Gasteiger partial charge on any atom is 0.264 e. The van der Waals surface area contributed by atoms with Gasteiger partial charge in [-0.3, -0.25) is 9.03 Å². The average Bonchev–Trinajstić information content (AvgIpc) is 2.73. The second-order valence-corrected chi connectivity index (χ2v) is 11.1. The number of nitrogens with one attached hydrogen (secondary N) is 1. The van der Waals surface area contributed by atoms with E-state index in [9.17, 15) is 25.6 Å². The molecule has 3 aromatic rings. The summed E-state index contributed by atoms with van der Waals surface area (Å²) in [5, 5.41) is 0.0527. The summed E-state index contributed by atoms with van der Waals surface area (Å²) in [6, 6.07) is 12.2. The molecule has 0 bridgehead atoms. The van der Waals surface area contributed by atoms with Gasteiger partial charge in [-0.2, -0.15) is 0 Å². The Bertz CT molecular complexity index is 1400. The van der Waals surface area contributed by atoms with Crippen LogP contribution in [-0.2, 0) is 26.5 Å². The summed E-state index contributed by atoms with van der Waals surface area (Å²) in [6.45, 7) is 0.175. The quantitative estimate of drug-likeness (QED) is 0.559. The van der Waals surface area contributed by atoms with E-state index in [1.54, 1.807) is 6.07 Å². The number of sulfonamides is 2. The Hall–Kier alpha value is -2.69. The fourth-order valence-corrected chi connectivity index (χ4v) is 6.29. The Balaban J connectivity index is 1.71. The van der Waals surface area contributed by atoms with Gasteiger partial charge in [0.1, 0.15) is 16.5 Å². The number of halogens is 3. The van der Waals surface area contributed by atoms with E-state index >= 15 is 0 Å². The van der Waals surface area contributed by atoms with Gasteiger partial charge in [0.15, 0.2) is 0 Å². The first-order valence-corrected chi connectivity index (χ1v) is 12.8. The van der Waals surface area contributed by atoms with Crippen LogP contribution < -0.4 is 9.03 Å². The van der Waals surface area contributed by atoms with Crippen LogP contribution in [0.2, 0.25) is 5.02 Å². The van der Waals surface area contributed by atoms with Gasteiger partial charge in [0.2, 0.25) is 0 Å². The van der Waals surface area contributed by atoms with E-state index in [1.165, 1.54) is 34.6 Å². The van der Waals surface area contributed by atoms with E-state index in [1.807, 2.05) is 0 Å². The third-order valence-electron chi connectivity index (χ3n) is 5.00. The highest BCUT2D eigenvalue weighted by Crippen LogP contribution is 2.35. The van der Waals surface area contributed by atoms with Crippen LogP contribution in [0.5, 0.6) is 0 Å². The smallest absolute Gasteiger partial charge is 0.264 e. The maximum absolute atomic E-state index is 14.1. The maximum atomic E-state index is 14.1. The van der Waals surface area contributed by atoms with Crippen LogP contribution in [0.3, 0.4) is 0 Å². The van der Waals surface area contributed by atoms with E-state index in [4.69, 9.17) is 11.6 Å². The third-order valence-corrected chi connectivity index (χ3v) is 8.48. The molecule has 1 N–H and O–H groups in total. The van der Waals surface area contributed by atoms with Gasteiger partial charge in [-0.05, 0) is 73.0 Å². The molecule has 3 aromatic carbocycles. The Labute approximate surface area is 189 Å². The molecular weight excluding hydrogens is 482 g/mol. The number of aryl methyl sites for hydroxylation is 1. The summed E-state index contributed by atoms with van der Waals surface area (Å²) in [4.78, 5) is -0.670. The van der Waals surface area contributed by atoms with Crippen LogP contribution in [0.15, 0.2) is 70.5 Å². The highest BCUT2D eigenvalue weighted by atomic mass is 35.5. The first-order chi connectivity index (χ1) is 15.1. The van der Waals surface area contributed by atoms with Crippen molar-refractivity contribution in [2.75, 3.05) is 15.6 Å². The Morgan fingerprint density at radius 2 is 1.62 bits per heavy atom. The number of benzene rings is 3. The molecule has 0 saturated carbocycles. The molecule has 4 rings (SSSR count). The van der Waals surface area contributed by atoms with Gasteiger partial charge in [0.25, 0.3) is 20.0 Å². The van der Waals surface area contributed by atoms with Crippen molar-refractivity contribution in [3.05, 3.63) is 82.9 Å². The van der Waals surface area contributed by atoms with Gasteiger partial charge in [0.05, 0.1) is 16.3 Å². The van der Waals surface area contributed by atoms with Gasteiger partial charge in [0, 0.05) is 11.6 Å². The van der Waals surface area contributed by atoms with Crippen molar-refractivity contribution in [2.45, 2.75) is 22.6 Å². The minimum absolute atomic E-state index is 0.0527. The number of nitrogens with zero attached hydrogens (tertiary/aromatic N) is 1. The summed E-state index contributed by atoms with van der Waals surface area (Å²) in [6.07, 6.45) is 1.16. The second-order valence-electron chi connectivity index (χ2n) is 7.16. The molecule has 0 aliphatic carbocycles. The Kier molecular flexibility index (Phi) is 5.87. The summed E-state index contributed by atoms with van der Waals surface area (Å²) >= 11 is 5.69. The van der Waals surface area contributed by atoms with Crippen LogP contribution >= 0.6 is 11.6 Å². The van der Waals surface area contributed by atoms with Gasteiger partial charge in [-0.15, -0.1) is 0 Å². The molecular formula is C21H17ClF2N2O4S2. The van der Waals surface area contributed by atoms with Crippen molar-refractivity contribution >= 4 is 43.0 Å². The lowest BCUT2D eigenvalue weighted by molar-refractivity contribution is 0.570. The fourth-order valence-electron chi connectivity index (χ4n) is 3.49. The molecule has 1 aliphatic rings. The normalized spacial score (nSPS) is 14.2. The highest BCUT2D eigenvalue weighted by Gasteiger charge is 2.30. The van der Waals surface area contributed by atoms with Crippen LogP contribution in [0, 0.1) is 11.6 Å². The van der Waals surface area contributed by atoms with Gasteiger partial charge in [-0.25, -0.2) is 25.6 Å². The number of rotatable bonds is 5. The number of hydrogen-bond acceptors (Lipinski definition) is 4. The zero-order chi connectivity index (χ0) is 23.1. The van der Waals surface area contributed by atoms with Crippen molar-refractivity contribution in [3.63, 3.8) is 0 Å². The van der Waals surface area contributed by atoms with Gasteiger partial charge >= 0.3 is 0 Å². The molecule has 11 heteroatoms. The topological polar surface area (TPSA) is 83.6 Å². The predicted octanol–water partition coefficient (Wildman–Crippen LogP) is 4.56. The molecule has 0 fully saturated rings. The van der Waals surface area contributed by atoms with Gasteiger partial charge in [-0.1, -0.05) is 17.7 Å². The second kappa shape index (κ2) is 8.34. The fraction of sp³-hybridized carbons (Fsp3) is 0.143. The number of hydrogen-bond donors (Lipinski definition) is 1. The number of anilines is 2. The summed E-state index contributed by atoms with van der Waals surface area (Å²) in [5.74, 6) is -1.57.